The molecule has 0 unspecified atom stereocenters. The molecule has 164 valence electrons. The van der Waals surface area contributed by atoms with Crippen molar-refractivity contribution < 1.29 is 0 Å². The van der Waals surface area contributed by atoms with Crippen LogP contribution in [0.4, 0.5) is 11.5 Å². The van der Waals surface area contributed by atoms with E-state index in [2.05, 4.69) is 45.2 Å². The fraction of sp³-hybridized carbons (Fsp3) is 0.0370. The Labute approximate surface area is 206 Å². The Kier molecular flexibility index (Phi) is 6.63. The fourth-order valence-corrected chi connectivity index (χ4v) is 4.40. The molecule has 0 amide bonds. The zero-order chi connectivity index (χ0) is 22.1. The summed E-state index contributed by atoms with van der Waals surface area (Å²) >= 11 is 10.2. The Balaban J connectivity index is 0.00000259. The first-order valence-corrected chi connectivity index (χ1v) is 11.2. The second kappa shape index (κ2) is 9.61. The van der Waals surface area contributed by atoms with Gasteiger partial charge in [-0.3, -0.25) is 4.40 Å². The Morgan fingerprint density at radius 1 is 0.848 bits per heavy atom. The number of nitrogen functional groups attached to an aromatic ring is 1. The Morgan fingerprint density at radius 3 is 2.03 bits per heavy atom. The molecule has 0 spiro atoms. The molecule has 0 aliphatic heterocycles. The zero-order valence-electron chi connectivity index (χ0n) is 16.9. The van der Waals surface area contributed by atoms with Gasteiger partial charge in [0.1, 0.15) is 10.4 Å². The van der Waals surface area contributed by atoms with Crippen molar-refractivity contribution in [1.29, 1.82) is 0 Å². The number of nitrogens with two attached hydrogens (primary N) is 1. The van der Waals surface area contributed by atoms with Gasteiger partial charge in [-0.05, 0) is 28.1 Å². The molecule has 2 aromatic heterocycles. The first kappa shape index (κ1) is 22.8. The number of anilines is 1. The third-order valence-corrected chi connectivity index (χ3v) is 6.09. The van der Waals surface area contributed by atoms with Crippen molar-refractivity contribution in [3.8, 4) is 11.1 Å². The van der Waals surface area contributed by atoms with Gasteiger partial charge < -0.3 is 5.73 Å². The number of hydrogen-bond acceptors (Lipinski definition) is 3. The van der Waals surface area contributed by atoms with Crippen molar-refractivity contribution in [1.82, 2.24) is 9.38 Å². The molecule has 0 saturated heterocycles. The average Bonchev–Trinajstić information content (AvgIpc) is 3.22. The number of imidazole rings is 1. The molecule has 0 saturated carbocycles. The standard InChI is InChI=1S/C26H18BrClN4.CH4/c27-23-16-30-26-22(29)15-20(19-13-7-8-14-21(19)28)25(32(23)26)31-24(17-9-3-1-4-10-17)18-11-5-2-6-12-18;/h1-16H,29H2;1H4. The van der Waals surface area contributed by atoms with Crippen LogP contribution < -0.4 is 5.73 Å². The lowest BCUT2D eigenvalue weighted by atomic mass is 10.0. The minimum atomic E-state index is 0. The number of aromatic nitrogens is 2. The maximum atomic E-state index is 6.59. The number of nitrogens with zero attached hydrogens (tertiary/aromatic N) is 3. The SMILES string of the molecule is C.Nc1cc(-c2ccccc2Cl)c(N=C(c2ccccc2)c2ccccc2)n2c(Br)cnc12. The molecule has 0 atom stereocenters. The van der Waals surface area contributed by atoms with Crippen LogP contribution in [0.5, 0.6) is 0 Å². The summed E-state index contributed by atoms with van der Waals surface area (Å²) in [6, 6.07) is 29.8. The zero-order valence-corrected chi connectivity index (χ0v) is 19.3. The number of aliphatic imine (C=N–C) groups is 1. The third-order valence-electron chi connectivity index (χ3n) is 5.21. The van der Waals surface area contributed by atoms with Gasteiger partial charge in [0.25, 0.3) is 0 Å². The van der Waals surface area contributed by atoms with Crippen molar-refractivity contribution in [2.45, 2.75) is 7.43 Å². The van der Waals surface area contributed by atoms with Gasteiger partial charge in [0.2, 0.25) is 0 Å². The molecular weight excluding hydrogens is 496 g/mol. The Bertz CT molecular complexity index is 1400. The van der Waals surface area contributed by atoms with Crippen LogP contribution in [-0.4, -0.2) is 15.1 Å². The van der Waals surface area contributed by atoms with E-state index in [1.807, 2.05) is 71.1 Å². The predicted molar refractivity (Wildman–Crippen MR) is 143 cm³/mol. The molecule has 0 aliphatic rings. The van der Waals surface area contributed by atoms with E-state index in [4.69, 9.17) is 22.3 Å². The molecule has 5 aromatic rings. The maximum absolute atomic E-state index is 6.59. The van der Waals surface area contributed by atoms with E-state index in [0.717, 1.165) is 32.6 Å². The average molecular weight is 518 g/mol. The van der Waals surface area contributed by atoms with E-state index >= 15 is 0 Å². The Morgan fingerprint density at radius 2 is 1.42 bits per heavy atom. The summed E-state index contributed by atoms with van der Waals surface area (Å²) in [4.78, 5) is 9.69. The second-order valence-electron chi connectivity index (χ2n) is 7.25. The normalized spacial score (nSPS) is 10.6. The number of halogens is 2. The topological polar surface area (TPSA) is 55.7 Å². The maximum Gasteiger partial charge on any atom is 0.162 e. The molecule has 4 nitrogen and oxygen atoms in total. The molecule has 6 heteroatoms. The van der Waals surface area contributed by atoms with Crippen molar-refractivity contribution in [3.05, 3.63) is 118 Å². The van der Waals surface area contributed by atoms with Gasteiger partial charge in [0.05, 0.1) is 17.6 Å². The minimum Gasteiger partial charge on any atom is -0.396 e. The van der Waals surface area contributed by atoms with E-state index in [0.29, 0.717) is 22.2 Å². The van der Waals surface area contributed by atoms with Crippen molar-refractivity contribution >= 4 is 50.4 Å². The van der Waals surface area contributed by atoms with Crippen LogP contribution in [-0.2, 0) is 0 Å². The van der Waals surface area contributed by atoms with Gasteiger partial charge in [-0.25, -0.2) is 9.98 Å². The molecule has 0 bridgehead atoms. The number of fused-ring (bicyclic) bond motifs is 1. The first-order valence-electron chi connectivity index (χ1n) is 10.0. The van der Waals surface area contributed by atoms with Crippen molar-refractivity contribution in [3.63, 3.8) is 0 Å². The smallest absolute Gasteiger partial charge is 0.162 e. The van der Waals surface area contributed by atoms with Crippen LogP contribution in [0.2, 0.25) is 5.02 Å². The highest BCUT2D eigenvalue weighted by Crippen LogP contribution is 2.40. The fourth-order valence-electron chi connectivity index (χ4n) is 3.72. The largest absolute Gasteiger partial charge is 0.396 e. The molecule has 2 N–H and O–H groups in total. The summed E-state index contributed by atoms with van der Waals surface area (Å²) in [5.41, 5.74) is 12.1. The lowest BCUT2D eigenvalue weighted by Crippen LogP contribution is -2.05. The van der Waals surface area contributed by atoms with E-state index in [1.165, 1.54) is 0 Å². The molecule has 0 fully saturated rings. The van der Waals surface area contributed by atoms with Gasteiger partial charge in [-0.1, -0.05) is 97.9 Å². The van der Waals surface area contributed by atoms with E-state index in [1.54, 1.807) is 6.20 Å². The molecule has 0 radical (unpaired) electrons. The van der Waals surface area contributed by atoms with Gasteiger partial charge in [-0.15, -0.1) is 0 Å². The van der Waals surface area contributed by atoms with Gasteiger partial charge in [0, 0.05) is 27.3 Å². The van der Waals surface area contributed by atoms with Gasteiger partial charge in [-0.2, -0.15) is 0 Å². The summed E-state index contributed by atoms with van der Waals surface area (Å²) in [6.45, 7) is 0. The predicted octanol–water partition coefficient (Wildman–Crippen LogP) is 7.80. The minimum absolute atomic E-state index is 0. The van der Waals surface area contributed by atoms with Crippen molar-refractivity contribution in [2.75, 3.05) is 5.73 Å². The van der Waals surface area contributed by atoms with Gasteiger partial charge in [0.15, 0.2) is 5.65 Å². The number of pyridine rings is 1. The second-order valence-corrected chi connectivity index (χ2v) is 8.47. The molecule has 2 heterocycles. The highest BCUT2D eigenvalue weighted by molar-refractivity contribution is 9.10. The lowest BCUT2D eigenvalue weighted by molar-refractivity contribution is 1.13. The Hall–Kier alpha value is -3.41. The van der Waals surface area contributed by atoms with Crippen molar-refractivity contribution in [2.24, 2.45) is 4.99 Å². The summed E-state index contributed by atoms with van der Waals surface area (Å²) < 4.78 is 2.67. The number of rotatable bonds is 4. The van der Waals surface area contributed by atoms with Crippen LogP contribution >= 0.6 is 27.5 Å². The van der Waals surface area contributed by atoms with E-state index < -0.39 is 0 Å². The van der Waals surface area contributed by atoms with Crippen LogP contribution in [0.3, 0.4) is 0 Å². The van der Waals surface area contributed by atoms with Crippen LogP contribution in [0.15, 0.2) is 107 Å². The van der Waals surface area contributed by atoms with Crippen LogP contribution in [0.25, 0.3) is 16.8 Å². The third kappa shape index (κ3) is 4.30. The highest BCUT2D eigenvalue weighted by atomic mass is 79.9. The first-order chi connectivity index (χ1) is 15.6. The molecular formula is C27H22BrClN4. The summed E-state index contributed by atoms with van der Waals surface area (Å²) in [7, 11) is 0. The van der Waals surface area contributed by atoms with Gasteiger partial charge >= 0.3 is 0 Å². The quantitative estimate of drug-likeness (QED) is 0.247. The molecule has 3 aromatic carbocycles. The molecule has 5 rings (SSSR count). The summed E-state index contributed by atoms with van der Waals surface area (Å²) in [5, 5.41) is 0.625. The number of benzene rings is 3. The summed E-state index contributed by atoms with van der Waals surface area (Å²) in [5.74, 6) is 0.689. The molecule has 33 heavy (non-hydrogen) atoms. The monoisotopic (exact) mass is 516 g/mol. The van der Waals surface area contributed by atoms with E-state index in [9.17, 15) is 0 Å². The number of hydrogen-bond donors (Lipinski definition) is 1. The lowest BCUT2D eigenvalue weighted by Gasteiger charge is -2.15. The highest BCUT2D eigenvalue weighted by Gasteiger charge is 2.19. The summed E-state index contributed by atoms with van der Waals surface area (Å²) in [6.07, 6.45) is 1.73. The van der Waals surface area contributed by atoms with E-state index in [-0.39, 0.29) is 7.43 Å². The van der Waals surface area contributed by atoms with Crippen LogP contribution in [0, 0.1) is 0 Å². The molecule has 0 aliphatic carbocycles. The van der Waals surface area contributed by atoms with Crippen LogP contribution in [0.1, 0.15) is 18.6 Å².